The molecule has 0 saturated heterocycles. The number of anilines is 3. The van der Waals surface area contributed by atoms with Gasteiger partial charge in [-0.1, -0.05) is 13.8 Å². The molecule has 108 valence electrons. The Morgan fingerprint density at radius 1 is 0.789 bits per heavy atom. The van der Waals surface area contributed by atoms with Gasteiger partial charge in [-0.2, -0.15) is 15.0 Å². The van der Waals surface area contributed by atoms with Gasteiger partial charge >= 0.3 is 0 Å². The van der Waals surface area contributed by atoms with Crippen molar-refractivity contribution in [3.05, 3.63) is 0 Å². The first-order valence-corrected chi connectivity index (χ1v) is 7.17. The van der Waals surface area contributed by atoms with Gasteiger partial charge in [0.15, 0.2) is 0 Å². The van der Waals surface area contributed by atoms with Gasteiger partial charge in [0.1, 0.15) is 0 Å². The molecular weight excluding hydrogens is 240 g/mol. The summed E-state index contributed by atoms with van der Waals surface area (Å²) in [4.78, 5) is 17.3. The van der Waals surface area contributed by atoms with Crippen molar-refractivity contribution in [1.29, 1.82) is 0 Å². The van der Waals surface area contributed by atoms with Gasteiger partial charge in [-0.25, -0.2) is 0 Å². The summed E-state index contributed by atoms with van der Waals surface area (Å²) >= 11 is 0. The van der Waals surface area contributed by atoms with Crippen molar-refractivity contribution >= 4 is 17.8 Å². The topological polar surface area (TPSA) is 71.2 Å². The van der Waals surface area contributed by atoms with Crippen LogP contribution in [0.4, 0.5) is 17.8 Å². The summed E-state index contributed by atoms with van der Waals surface area (Å²) in [5.74, 6) is 1.66. The van der Waals surface area contributed by atoms with Crippen LogP contribution in [0.15, 0.2) is 0 Å². The maximum atomic E-state index is 5.82. The van der Waals surface area contributed by atoms with Gasteiger partial charge in [-0.05, 0) is 26.7 Å². The van der Waals surface area contributed by atoms with E-state index in [1.165, 1.54) is 0 Å². The van der Waals surface area contributed by atoms with Gasteiger partial charge in [0.05, 0.1) is 0 Å². The molecule has 6 heteroatoms. The first kappa shape index (κ1) is 15.5. The third kappa shape index (κ3) is 4.22. The lowest BCUT2D eigenvalue weighted by Crippen LogP contribution is -2.30. The molecular formula is C13H26N6. The SMILES string of the molecule is CCCN(CCC)c1nc(N)nc(N(CC)CC)n1. The Labute approximate surface area is 116 Å². The number of aromatic nitrogens is 3. The van der Waals surface area contributed by atoms with E-state index in [0.717, 1.165) is 39.0 Å². The molecule has 0 saturated carbocycles. The molecule has 0 unspecified atom stereocenters. The number of nitrogens with zero attached hydrogens (tertiary/aromatic N) is 5. The third-order valence-electron chi connectivity index (χ3n) is 2.95. The minimum Gasteiger partial charge on any atom is -0.368 e. The second-order valence-electron chi connectivity index (χ2n) is 4.45. The van der Waals surface area contributed by atoms with Crippen LogP contribution >= 0.6 is 0 Å². The van der Waals surface area contributed by atoms with Crippen molar-refractivity contribution < 1.29 is 0 Å². The average Bonchev–Trinajstić information content (AvgIpc) is 2.39. The van der Waals surface area contributed by atoms with E-state index in [1.807, 2.05) is 0 Å². The Hall–Kier alpha value is -1.59. The Kier molecular flexibility index (Phi) is 6.32. The van der Waals surface area contributed by atoms with E-state index in [2.05, 4.69) is 52.4 Å². The van der Waals surface area contributed by atoms with E-state index in [0.29, 0.717) is 17.8 Å². The highest BCUT2D eigenvalue weighted by molar-refractivity contribution is 5.43. The first-order valence-electron chi connectivity index (χ1n) is 7.17. The molecule has 0 amide bonds. The van der Waals surface area contributed by atoms with Crippen LogP contribution in [0.2, 0.25) is 0 Å². The number of hydrogen-bond donors (Lipinski definition) is 1. The monoisotopic (exact) mass is 266 g/mol. The van der Waals surface area contributed by atoms with Crippen LogP contribution in [0.3, 0.4) is 0 Å². The van der Waals surface area contributed by atoms with E-state index in [4.69, 9.17) is 5.73 Å². The molecule has 0 fully saturated rings. The van der Waals surface area contributed by atoms with Crippen LogP contribution in [0.1, 0.15) is 40.5 Å². The summed E-state index contributed by atoms with van der Waals surface area (Å²) < 4.78 is 0. The van der Waals surface area contributed by atoms with Crippen molar-refractivity contribution in [1.82, 2.24) is 15.0 Å². The van der Waals surface area contributed by atoms with Crippen LogP contribution < -0.4 is 15.5 Å². The predicted molar refractivity (Wildman–Crippen MR) is 80.6 cm³/mol. The molecule has 1 aromatic rings. The van der Waals surface area contributed by atoms with Gasteiger partial charge < -0.3 is 15.5 Å². The highest BCUT2D eigenvalue weighted by atomic mass is 15.3. The molecule has 0 aliphatic rings. The Balaban J connectivity index is 3.05. The lowest BCUT2D eigenvalue weighted by atomic mass is 10.4. The number of nitrogen functional groups attached to an aromatic ring is 1. The minimum absolute atomic E-state index is 0.295. The van der Waals surface area contributed by atoms with Crippen LogP contribution in [0.5, 0.6) is 0 Å². The highest BCUT2D eigenvalue weighted by Gasteiger charge is 2.14. The fourth-order valence-corrected chi connectivity index (χ4v) is 2.01. The lowest BCUT2D eigenvalue weighted by molar-refractivity contribution is 0.713. The molecule has 1 aromatic heterocycles. The molecule has 0 aromatic carbocycles. The van der Waals surface area contributed by atoms with Gasteiger partial charge in [0.25, 0.3) is 0 Å². The Morgan fingerprint density at radius 2 is 1.26 bits per heavy atom. The maximum absolute atomic E-state index is 5.82. The first-order chi connectivity index (χ1) is 9.15. The van der Waals surface area contributed by atoms with E-state index in [1.54, 1.807) is 0 Å². The maximum Gasteiger partial charge on any atom is 0.231 e. The summed E-state index contributed by atoms with van der Waals surface area (Å²) in [6, 6.07) is 0. The van der Waals surface area contributed by atoms with E-state index >= 15 is 0 Å². The number of nitrogens with two attached hydrogens (primary N) is 1. The fourth-order valence-electron chi connectivity index (χ4n) is 2.01. The van der Waals surface area contributed by atoms with Gasteiger partial charge in [-0.15, -0.1) is 0 Å². The van der Waals surface area contributed by atoms with Gasteiger partial charge in [0, 0.05) is 26.2 Å². The predicted octanol–water partition coefficient (Wildman–Crippen LogP) is 1.93. The molecule has 2 N–H and O–H groups in total. The van der Waals surface area contributed by atoms with Crippen molar-refractivity contribution in [3.63, 3.8) is 0 Å². The van der Waals surface area contributed by atoms with Crippen molar-refractivity contribution in [3.8, 4) is 0 Å². The molecule has 0 aliphatic heterocycles. The van der Waals surface area contributed by atoms with Crippen LogP contribution in [0.25, 0.3) is 0 Å². The summed E-state index contributed by atoms with van der Waals surface area (Å²) in [5.41, 5.74) is 5.82. The minimum atomic E-state index is 0.295. The van der Waals surface area contributed by atoms with E-state index in [-0.39, 0.29) is 0 Å². The zero-order valence-electron chi connectivity index (χ0n) is 12.6. The van der Waals surface area contributed by atoms with Crippen LogP contribution in [-0.2, 0) is 0 Å². The quantitative estimate of drug-likeness (QED) is 0.775. The molecule has 6 nitrogen and oxygen atoms in total. The number of rotatable bonds is 8. The standard InChI is InChI=1S/C13H26N6/c1-5-9-19(10-6-2)13-16-11(14)15-12(17-13)18(7-3)8-4/h5-10H2,1-4H3,(H2,14,15,16,17). The van der Waals surface area contributed by atoms with Crippen LogP contribution in [0, 0.1) is 0 Å². The molecule has 1 heterocycles. The summed E-state index contributed by atoms with van der Waals surface area (Å²) in [6.07, 6.45) is 2.12. The van der Waals surface area contributed by atoms with Crippen molar-refractivity contribution in [2.75, 3.05) is 41.7 Å². The largest absolute Gasteiger partial charge is 0.368 e. The Bertz CT molecular complexity index is 371. The molecule has 0 spiro atoms. The fraction of sp³-hybridized carbons (Fsp3) is 0.769. The zero-order valence-corrected chi connectivity index (χ0v) is 12.6. The number of hydrogen-bond acceptors (Lipinski definition) is 6. The van der Waals surface area contributed by atoms with E-state index in [9.17, 15) is 0 Å². The molecule has 0 radical (unpaired) electrons. The zero-order chi connectivity index (χ0) is 14.3. The van der Waals surface area contributed by atoms with Gasteiger partial charge in [0.2, 0.25) is 17.8 Å². The highest BCUT2D eigenvalue weighted by Crippen LogP contribution is 2.15. The summed E-state index contributed by atoms with van der Waals surface area (Å²) in [6.45, 7) is 12.1. The second kappa shape index (κ2) is 7.76. The third-order valence-corrected chi connectivity index (χ3v) is 2.95. The van der Waals surface area contributed by atoms with Crippen molar-refractivity contribution in [2.24, 2.45) is 0 Å². The molecule has 0 bridgehead atoms. The summed E-state index contributed by atoms with van der Waals surface area (Å²) in [7, 11) is 0. The van der Waals surface area contributed by atoms with Crippen molar-refractivity contribution in [2.45, 2.75) is 40.5 Å². The molecule has 19 heavy (non-hydrogen) atoms. The average molecular weight is 266 g/mol. The lowest BCUT2D eigenvalue weighted by Gasteiger charge is -2.24. The van der Waals surface area contributed by atoms with Crippen LogP contribution in [-0.4, -0.2) is 41.1 Å². The smallest absolute Gasteiger partial charge is 0.231 e. The Morgan fingerprint density at radius 3 is 1.68 bits per heavy atom. The molecule has 1 rings (SSSR count). The summed E-state index contributed by atoms with van der Waals surface area (Å²) in [5, 5.41) is 0. The normalized spacial score (nSPS) is 10.5. The second-order valence-corrected chi connectivity index (χ2v) is 4.45. The van der Waals surface area contributed by atoms with Gasteiger partial charge in [-0.3, -0.25) is 0 Å². The molecule has 0 aliphatic carbocycles. The van der Waals surface area contributed by atoms with E-state index < -0.39 is 0 Å². The molecule has 0 atom stereocenters.